The van der Waals surface area contributed by atoms with Gasteiger partial charge in [-0.05, 0) is 25.0 Å². The number of rotatable bonds is 5. The minimum Gasteiger partial charge on any atom is -0.311 e. The van der Waals surface area contributed by atoms with E-state index < -0.39 is 0 Å². The highest BCUT2D eigenvalue weighted by Crippen LogP contribution is 2.18. The van der Waals surface area contributed by atoms with Crippen LogP contribution in [0.1, 0.15) is 38.8 Å². The average molecular weight is 249 g/mol. The van der Waals surface area contributed by atoms with Crippen LogP contribution in [0, 0.1) is 18.7 Å². The lowest BCUT2D eigenvalue weighted by molar-refractivity contribution is 0.591. The summed E-state index contributed by atoms with van der Waals surface area (Å²) in [5.41, 5.74) is 3.00. The highest BCUT2D eigenvalue weighted by molar-refractivity contribution is 5.55. The lowest BCUT2D eigenvalue weighted by Gasteiger charge is -2.15. The fourth-order valence-electron chi connectivity index (χ4n) is 1.72. The van der Waals surface area contributed by atoms with E-state index in [4.69, 9.17) is 0 Å². The van der Waals surface area contributed by atoms with E-state index in [9.17, 15) is 4.39 Å². The molecule has 0 atom stereocenters. The van der Waals surface area contributed by atoms with E-state index in [1.54, 1.807) is 6.07 Å². The molecule has 100 valence electrons. The third-order valence-electron chi connectivity index (χ3n) is 2.95. The third-order valence-corrected chi connectivity index (χ3v) is 2.95. The zero-order valence-corrected chi connectivity index (χ0v) is 12.0. The van der Waals surface area contributed by atoms with Crippen LogP contribution in [-0.2, 0) is 0 Å². The monoisotopic (exact) mass is 249 g/mol. The topological polar surface area (TPSA) is 12.0 Å². The predicted octanol–water partition coefficient (Wildman–Crippen LogP) is 4.17. The summed E-state index contributed by atoms with van der Waals surface area (Å²) >= 11 is 0. The molecule has 1 N–H and O–H groups in total. The van der Waals surface area contributed by atoms with Gasteiger partial charge in [0.1, 0.15) is 5.82 Å². The van der Waals surface area contributed by atoms with Crippen LogP contribution in [0.4, 0.5) is 4.39 Å². The molecule has 0 bridgehead atoms. The summed E-state index contributed by atoms with van der Waals surface area (Å²) in [5, 5.41) is 3.39. The van der Waals surface area contributed by atoms with E-state index >= 15 is 0 Å². The fourth-order valence-corrected chi connectivity index (χ4v) is 1.72. The van der Waals surface area contributed by atoms with Crippen molar-refractivity contribution in [3.05, 3.63) is 40.7 Å². The molecule has 1 nitrogen and oxygen atoms in total. The molecular weight excluding hydrogens is 225 g/mol. The van der Waals surface area contributed by atoms with Crippen LogP contribution in [-0.4, -0.2) is 12.6 Å². The first-order chi connectivity index (χ1) is 8.40. The molecule has 0 aliphatic heterocycles. The second-order valence-corrected chi connectivity index (χ2v) is 5.43. The third kappa shape index (κ3) is 4.61. The van der Waals surface area contributed by atoms with Crippen LogP contribution < -0.4 is 5.32 Å². The van der Waals surface area contributed by atoms with E-state index in [2.05, 4.69) is 33.0 Å². The minimum atomic E-state index is -0.150. The van der Waals surface area contributed by atoms with E-state index in [0.29, 0.717) is 17.5 Å². The maximum absolute atomic E-state index is 13.7. The van der Waals surface area contributed by atoms with Crippen LogP contribution in [0.5, 0.6) is 0 Å². The van der Waals surface area contributed by atoms with Gasteiger partial charge >= 0.3 is 0 Å². The molecule has 0 unspecified atom stereocenters. The maximum atomic E-state index is 13.7. The summed E-state index contributed by atoms with van der Waals surface area (Å²) in [6.45, 7) is 11.3. The Morgan fingerprint density at radius 2 is 1.94 bits per heavy atom. The molecule has 0 spiro atoms. The molecule has 0 heterocycles. The first-order valence-electron chi connectivity index (χ1n) is 6.60. The largest absolute Gasteiger partial charge is 0.311 e. The zero-order chi connectivity index (χ0) is 13.7. The summed E-state index contributed by atoms with van der Waals surface area (Å²) in [5.74, 6) is 0.263. The van der Waals surface area contributed by atoms with Gasteiger partial charge in [0.25, 0.3) is 0 Å². The summed E-state index contributed by atoms with van der Waals surface area (Å²) in [6, 6.07) is 5.67. The molecular formula is C16H24FN. The van der Waals surface area contributed by atoms with Crippen LogP contribution in [0.25, 0.3) is 6.08 Å². The van der Waals surface area contributed by atoms with E-state index in [1.165, 1.54) is 11.6 Å². The number of nitrogens with one attached hydrogen (secondary N) is 1. The van der Waals surface area contributed by atoms with Crippen molar-refractivity contribution in [2.24, 2.45) is 5.92 Å². The lowest BCUT2D eigenvalue weighted by atomic mass is 9.99. The van der Waals surface area contributed by atoms with Crippen LogP contribution in [0.3, 0.4) is 0 Å². The van der Waals surface area contributed by atoms with Gasteiger partial charge in [0.15, 0.2) is 0 Å². The van der Waals surface area contributed by atoms with Gasteiger partial charge < -0.3 is 5.32 Å². The Kier molecular flexibility index (Phi) is 5.54. The van der Waals surface area contributed by atoms with Crippen molar-refractivity contribution in [2.75, 3.05) is 6.54 Å². The Morgan fingerprint density at radius 1 is 1.28 bits per heavy atom. The molecule has 0 fully saturated rings. The quantitative estimate of drug-likeness (QED) is 0.825. The van der Waals surface area contributed by atoms with Gasteiger partial charge in [0, 0.05) is 18.2 Å². The molecule has 0 radical (unpaired) electrons. The Hall–Kier alpha value is -1.15. The number of hydrogen-bond acceptors (Lipinski definition) is 1. The zero-order valence-electron chi connectivity index (χ0n) is 12.0. The van der Waals surface area contributed by atoms with Crippen molar-refractivity contribution in [1.29, 1.82) is 0 Å². The minimum absolute atomic E-state index is 0.150. The Bertz CT molecular complexity index is 419. The molecule has 0 aromatic heterocycles. The molecule has 0 saturated carbocycles. The molecule has 0 amide bonds. The van der Waals surface area contributed by atoms with Gasteiger partial charge in [-0.15, -0.1) is 0 Å². The van der Waals surface area contributed by atoms with Crippen molar-refractivity contribution >= 4 is 6.08 Å². The van der Waals surface area contributed by atoms with E-state index in [1.807, 2.05) is 19.1 Å². The summed E-state index contributed by atoms with van der Waals surface area (Å²) in [6.07, 6.45) is 1.97. The Morgan fingerprint density at radius 3 is 2.50 bits per heavy atom. The average Bonchev–Trinajstić information content (AvgIpc) is 2.28. The van der Waals surface area contributed by atoms with Crippen molar-refractivity contribution in [2.45, 2.75) is 40.7 Å². The van der Waals surface area contributed by atoms with Gasteiger partial charge in [0.05, 0.1) is 0 Å². The van der Waals surface area contributed by atoms with Crippen LogP contribution >= 0.6 is 0 Å². The molecule has 1 rings (SSSR count). The van der Waals surface area contributed by atoms with Gasteiger partial charge in [-0.2, -0.15) is 0 Å². The molecule has 1 aromatic carbocycles. The summed E-state index contributed by atoms with van der Waals surface area (Å²) in [4.78, 5) is 0. The fraction of sp³-hybridized carbons (Fsp3) is 0.500. The first-order valence-corrected chi connectivity index (χ1v) is 6.60. The maximum Gasteiger partial charge on any atom is 0.130 e. The standard InChI is InChI=1S/C16H24FN/c1-11(2)15(10-18-12(3)4)9-14-8-13(5)6-7-16(14)17/h6-9,11-12,18H,10H2,1-5H3/b15-9-. The predicted molar refractivity (Wildman–Crippen MR) is 77.1 cm³/mol. The Labute approximate surface area is 110 Å². The smallest absolute Gasteiger partial charge is 0.130 e. The van der Waals surface area contributed by atoms with Crippen molar-refractivity contribution in [1.82, 2.24) is 5.32 Å². The van der Waals surface area contributed by atoms with Crippen molar-refractivity contribution in [3.8, 4) is 0 Å². The summed E-state index contributed by atoms with van der Waals surface area (Å²) < 4.78 is 13.7. The second kappa shape index (κ2) is 6.69. The summed E-state index contributed by atoms with van der Waals surface area (Å²) in [7, 11) is 0. The molecule has 0 aliphatic rings. The number of hydrogen-bond donors (Lipinski definition) is 1. The van der Waals surface area contributed by atoms with Crippen molar-refractivity contribution in [3.63, 3.8) is 0 Å². The second-order valence-electron chi connectivity index (χ2n) is 5.43. The Balaban J connectivity index is 2.96. The van der Waals surface area contributed by atoms with Gasteiger partial charge in [-0.1, -0.05) is 51.0 Å². The number of aryl methyl sites for hydroxylation is 1. The molecule has 1 aromatic rings. The normalized spacial score (nSPS) is 12.6. The molecule has 18 heavy (non-hydrogen) atoms. The van der Waals surface area contributed by atoms with E-state index in [0.717, 1.165) is 12.1 Å². The molecule has 0 aliphatic carbocycles. The van der Waals surface area contributed by atoms with Crippen LogP contribution in [0.15, 0.2) is 23.8 Å². The molecule has 0 saturated heterocycles. The van der Waals surface area contributed by atoms with E-state index in [-0.39, 0.29) is 5.82 Å². The van der Waals surface area contributed by atoms with Crippen molar-refractivity contribution < 1.29 is 4.39 Å². The highest BCUT2D eigenvalue weighted by Gasteiger charge is 2.07. The number of benzene rings is 1. The van der Waals surface area contributed by atoms with Gasteiger partial charge in [-0.25, -0.2) is 4.39 Å². The SMILES string of the molecule is Cc1ccc(F)c(/C=C(/CNC(C)C)C(C)C)c1. The van der Waals surface area contributed by atoms with Gasteiger partial charge in [0.2, 0.25) is 0 Å². The molecule has 2 heteroatoms. The van der Waals surface area contributed by atoms with Crippen LogP contribution in [0.2, 0.25) is 0 Å². The number of halogens is 1. The first kappa shape index (κ1) is 14.9. The highest BCUT2D eigenvalue weighted by atomic mass is 19.1. The van der Waals surface area contributed by atoms with Gasteiger partial charge in [-0.3, -0.25) is 0 Å². The lowest BCUT2D eigenvalue weighted by Crippen LogP contribution is -2.26.